The highest BCUT2D eigenvalue weighted by atomic mass is 32.1. The molecule has 0 spiro atoms. The van der Waals surface area contributed by atoms with Crippen molar-refractivity contribution in [2.24, 2.45) is 0 Å². The van der Waals surface area contributed by atoms with E-state index in [-0.39, 0.29) is 17.9 Å². The molecule has 0 N–H and O–H groups in total. The molecule has 7 heteroatoms. The van der Waals surface area contributed by atoms with E-state index >= 15 is 0 Å². The van der Waals surface area contributed by atoms with Crippen LogP contribution in [0.3, 0.4) is 0 Å². The molecule has 3 heterocycles. The molecule has 0 aliphatic rings. The number of furan rings is 1. The number of aryl methyl sites for hydroxylation is 3. The summed E-state index contributed by atoms with van der Waals surface area (Å²) < 4.78 is 11.9. The molecule has 0 radical (unpaired) electrons. The monoisotopic (exact) mass is 408 g/mol. The van der Waals surface area contributed by atoms with E-state index in [4.69, 9.17) is 14.1 Å². The number of hydrogen-bond acceptors (Lipinski definition) is 6. The standard InChI is InChI=1S/C22H20N2O4S/c1-12-6-5-7-15(10-12)19-23-20-18(13(2)14(3)29-20)21(25)24(19)11-16-8-9-17(28-16)22(26)27-4/h5-10H,11H2,1-4H3. The van der Waals surface area contributed by atoms with Gasteiger partial charge in [0.2, 0.25) is 5.76 Å². The van der Waals surface area contributed by atoms with Crippen molar-refractivity contribution in [2.75, 3.05) is 7.11 Å². The van der Waals surface area contributed by atoms with Gasteiger partial charge in [-0.05, 0) is 44.5 Å². The number of thiophene rings is 1. The summed E-state index contributed by atoms with van der Waals surface area (Å²) in [5.41, 5.74) is 2.76. The van der Waals surface area contributed by atoms with Gasteiger partial charge in [0, 0.05) is 10.4 Å². The highest BCUT2D eigenvalue weighted by Crippen LogP contribution is 2.29. The number of benzene rings is 1. The molecule has 4 aromatic rings. The van der Waals surface area contributed by atoms with E-state index in [9.17, 15) is 9.59 Å². The van der Waals surface area contributed by atoms with Crippen LogP contribution >= 0.6 is 11.3 Å². The lowest BCUT2D eigenvalue weighted by atomic mass is 10.1. The van der Waals surface area contributed by atoms with Crippen molar-refractivity contribution in [1.29, 1.82) is 0 Å². The minimum atomic E-state index is -0.555. The van der Waals surface area contributed by atoms with Gasteiger partial charge in [0.05, 0.1) is 19.0 Å². The van der Waals surface area contributed by atoms with E-state index in [1.807, 2.05) is 45.0 Å². The first-order chi connectivity index (χ1) is 13.9. The Bertz CT molecular complexity index is 1300. The van der Waals surface area contributed by atoms with Gasteiger partial charge in [-0.25, -0.2) is 9.78 Å². The molecule has 0 saturated heterocycles. The molecular formula is C22H20N2O4S. The maximum absolute atomic E-state index is 13.4. The zero-order valence-corrected chi connectivity index (χ0v) is 17.4. The average molecular weight is 408 g/mol. The number of hydrogen-bond donors (Lipinski definition) is 0. The van der Waals surface area contributed by atoms with Crippen molar-refractivity contribution in [3.63, 3.8) is 0 Å². The van der Waals surface area contributed by atoms with Crippen LogP contribution in [-0.4, -0.2) is 22.6 Å². The van der Waals surface area contributed by atoms with E-state index in [0.29, 0.717) is 17.0 Å². The lowest BCUT2D eigenvalue weighted by Crippen LogP contribution is -2.24. The predicted octanol–water partition coefficient (Wildman–Crippen LogP) is 4.48. The molecular weight excluding hydrogens is 388 g/mol. The molecule has 148 valence electrons. The van der Waals surface area contributed by atoms with Crippen molar-refractivity contribution < 1.29 is 13.9 Å². The van der Waals surface area contributed by atoms with Gasteiger partial charge in [-0.15, -0.1) is 11.3 Å². The van der Waals surface area contributed by atoms with Crippen LogP contribution in [0.2, 0.25) is 0 Å². The largest absolute Gasteiger partial charge is 0.463 e. The minimum absolute atomic E-state index is 0.101. The Kier molecular flexibility index (Phi) is 4.84. The molecule has 0 atom stereocenters. The van der Waals surface area contributed by atoms with Crippen molar-refractivity contribution >= 4 is 27.5 Å². The number of methoxy groups -OCH3 is 1. The fourth-order valence-corrected chi connectivity index (χ4v) is 4.33. The Morgan fingerprint density at radius 1 is 1.21 bits per heavy atom. The average Bonchev–Trinajstić information content (AvgIpc) is 3.28. The summed E-state index contributed by atoms with van der Waals surface area (Å²) in [5.74, 6) is 0.597. The first-order valence-electron chi connectivity index (χ1n) is 9.13. The fourth-order valence-electron chi connectivity index (χ4n) is 3.31. The third kappa shape index (κ3) is 3.38. The normalized spacial score (nSPS) is 11.2. The number of carbonyl (C=O) groups is 1. The van der Waals surface area contributed by atoms with Crippen molar-refractivity contribution in [2.45, 2.75) is 27.3 Å². The SMILES string of the molecule is COC(=O)c1ccc(Cn2c(-c3cccc(C)c3)nc3sc(C)c(C)c3c2=O)o1. The predicted molar refractivity (Wildman–Crippen MR) is 113 cm³/mol. The smallest absolute Gasteiger partial charge is 0.373 e. The van der Waals surface area contributed by atoms with Crippen LogP contribution < -0.4 is 5.56 Å². The molecule has 6 nitrogen and oxygen atoms in total. The molecule has 0 fully saturated rings. The van der Waals surface area contributed by atoms with Gasteiger partial charge < -0.3 is 9.15 Å². The van der Waals surface area contributed by atoms with Gasteiger partial charge in [0.15, 0.2) is 0 Å². The van der Waals surface area contributed by atoms with Gasteiger partial charge in [0.25, 0.3) is 5.56 Å². The van der Waals surface area contributed by atoms with Crippen molar-refractivity contribution in [3.05, 3.63) is 74.3 Å². The van der Waals surface area contributed by atoms with Crippen LogP contribution in [0.1, 0.15) is 32.3 Å². The second kappa shape index (κ2) is 7.33. The van der Waals surface area contributed by atoms with Gasteiger partial charge in [-0.2, -0.15) is 0 Å². The summed E-state index contributed by atoms with van der Waals surface area (Å²) in [6.45, 7) is 6.10. The number of rotatable bonds is 4. The zero-order valence-electron chi connectivity index (χ0n) is 16.6. The summed E-state index contributed by atoms with van der Waals surface area (Å²) >= 11 is 1.52. The highest BCUT2D eigenvalue weighted by molar-refractivity contribution is 7.18. The summed E-state index contributed by atoms with van der Waals surface area (Å²) in [6.07, 6.45) is 0. The highest BCUT2D eigenvalue weighted by Gasteiger charge is 2.19. The molecule has 0 saturated carbocycles. The Morgan fingerprint density at radius 2 is 2.00 bits per heavy atom. The first kappa shape index (κ1) is 19.1. The summed E-state index contributed by atoms with van der Waals surface area (Å²) in [7, 11) is 1.30. The summed E-state index contributed by atoms with van der Waals surface area (Å²) in [5, 5.41) is 0.628. The minimum Gasteiger partial charge on any atom is -0.463 e. The summed E-state index contributed by atoms with van der Waals surface area (Å²) in [4.78, 5) is 31.8. The van der Waals surface area contributed by atoms with Crippen LogP contribution in [0.25, 0.3) is 21.6 Å². The topological polar surface area (TPSA) is 74.3 Å². The lowest BCUT2D eigenvalue weighted by Gasteiger charge is -2.12. The number of carbonyl (C=O) groups excluding carboxylic acids is 1. The fraction of sp³-hybridized carbons (Fsp3) is 0.227. The number of fused-ring (bicyclic) bond motifs is 1. The number of aromatic nitrogens is 2. The summed E-state index contributed by atoms with van der Waals surface area (Å²) in [6, 6.07) is 11.1. The Balaban J connectivity index is 1.92. The van der Waals surface area contributed by atoms with E-state index in [1.165, 1.54) is 18.4 Å². The Hall–Kier alpha value is -3.19. The van der Waals surface area contributed by atoms with Crippen molar-refractivity contribution in [3.8, 4) is 11.4 Å². The number of esters is 1. The van der Waals surface area contributed by atoms with Crippen LogP contribution in [0.5, 0.6) is 0 Å². The maximum atomic E-state index is 13.4. The molecule has 3 aromatic heterocycles. The van der Waals surface area contributed by atoms with Crippen LogP contribution in [-0.2, 0) is 11.3 Å². The van der Waals surface area contributed by atoms with Gasteiger partial charge in [-0.1, -0.05) is 23.8 Å². The maximum Gasteiger partial charge on any atom is 0.373 e. The molecule has 0 amide bonds. The van der Waals surface area contributed by atoms with Crippen molar-refractivity contribution in [1.82, 2.24) is 9.55 Å². The van der Waals surface area contributed by atoms with Crippen LogP contribution in [0.15, 0.2) is 45.6 Å². The second-order valence-electron chi connectivity index (χ2n) is 6.92. The zero-order chi connectivity index (χ0) is 20.7. The van der Waals surface area contributed by atoms with Crippen LogP contribution in [0.4, 0.5) is 0 Å². The molecule has 1 aromatic carbocycles. The third-order valence-corrected chi connectivity index (χ3v) is 6.03. The van der Waals surface area contributed by atoms with E-state index < -0.39 is 5.97 Å². The molecule has 0 unspecified atom stereocenters. The van der Waals surface area contributed by atoms with Gasteiger partial charge >= 0.3 is 5.97 Å². The molecule has 4 rings (SSSR count). The molecule has 0 aliphatic carbocycles. The van der Waals surface area contributed by atoms with E-state index in [1.54, 1.807) is 16.7 Å². The number of nitrogens with zero attached hydrogens (tertiary/aromatic N) is 2. The van der Waals surface area contributed by atoms with E-state index in [0.717, 1.165) is 26.4 Å². The Labute approximate surface area is 171 Å². The Morgan fingerprint density at radius 3 is 2.72 bits per heavy atom. The molecule has 29 heavy (non-hydrogen) atoms. The van der Waals surface area contributed by atoms with E-state index in [2.05, 4.69) is 0 Å². The van der Waals surface area contributed by atoms with Gasteiger partial charge in [-0.3, -0.25) is 9.36 Å². The van der Waals surface area contributed by atoms with Crippen LogP contribution in [0, 0.1) is 20.8 Å². The second-order valence-corrected chi connectivity index (χ2v) is 8.12. The molecule has 0 aliphatic heterocycles. The first-order valence-corrected chi connectivity index (χ1v) is 9.95. The lowest BCUT2D eigenvalue weighted by molar-refractivity contribution is 0.0563. The quantitative estimate of drug-likeness (QED) is 0.466. The number of ether oxygens (including phenoxy) is 1. The van der Waals surface area contributed by atoms with Gasteiger partial charge in [0.1, 0.15) is 16.4 Å². The third-order valence-electron chi connectivity index (χ3n) is 4.93. The molecule has 0 bridgehead atoms.